The highest BCUT2D eigenvalue weighted by atomic mass is 16.7. The van der Waals surface area contributed by atoms with Crippen LogP contribution >= 0.6 is 0 Å². The van der Waals surface area contributed by atoms with Gasteiger partial charge >= 0.3 is 0 Å². The maximum atomic E-state index is 14.9. The molecule has 7 heteroatoms. The van der Waals surface area contributed by atoms with Crippen LogP contribution in [0.1, 0.15) is 49.2 Å². The molecule has 202 valence electrons. The summed E-state index contributed by atoms with van der Waals surface area (Å²) >= 11 is 0. The van der Waals surface area contributed by atoms with Crippen LogP contribution in [0.25, 0.3) is 5.57 Å². The van der Waals surface area contributed by atoms with E-state index in [-0.39, 0.29) is 24.3 Å². The molecule has 40 heavy (non-hydrogen) atoms. The number of amides is 1. The van der Waals surface area contributed by atoms with Gasteiger partial charge in [0.2, 0.25) is 12.7 Å². The van der Waals surface area contributed by atoms with E-state index in [1.54, 1.807) is 18.2 Å². The predicted molar refractivity (Wildman–Crippen MR) is 152 cm³/mol. The average molecular weight is 535 g/mol. The Balaban J connectivity index is 1.54. The number of allylic oxidation sites excluding steroid dienone is 1. The first kappa shape index (κ1) is 24.6. The number of rotatable bonds is 3. The number of hydrogen-bond acceptors (Lipinski definition) is 6. The zero-order valence-electron chi connectivity index (χ0n) is 22.9. The van der Waals surface area contributed by atoms with E-state index in [9.17, 15) is 14.4 Å². The summed E-state index contributed by atoms with van der Waals surface area (Å²) in [6.45, 7) is 7.72. The average Bonchev–Trinajstić information content (AvgIpc) is 3.61. The lowest BCUT2D eigenvalue weighted by molar-refractivity contribution is -0.128. The highest BCUT2D eigenvalue weighted by molar-refractivity contribution is 6.17. The Hall–Kier alpha value is -4.39. The Kier molecular flexibility index (Phi) is 5.12. The molecule has 4 aliphatic rings. The molecule has 0 radical (unpaired) electrons. The van der Waals surface area contributed by atoms with E-state index in [0.29, 0.717) is 22.7 Å². The number of hydrogen-bond donors (Lipinski definition) is 1. The summed E-state index contributed by atoms with van der Waals surface area (Å²) < 4.78 is 11.1. The minimum Gasteiger partial charge on any atom is -0.454 e. The van der Waals surface area contributed by atoms with Crippen LogP contribution in [0.15, 0.2) is 72.8 Å². The van der Waals surface area contributed by atoms with Gasteiger partial charge in [-0.2, -0.15) is 0 Å². The molecule has 0 unspecified atom stereocenters. The maximum absolute atomic E-state index is 14.9. The predicted octanol–water partition coefficient (Wildman–Crippen LogP) is 5.39. The van der Waals surface area contributed by atoms with E-state index in [0.717, 1.165) is 22.4 Å². The lowest BCUT2D eigenvalue weighted by atomic mass is 9.63. The number of nitrogens with zero attached hydrogens (tertiary/aromatic N) is 1. The minimum absolute atomic E-state index is 0.0813. The number of carbonyl (C=O) groups excluding carboxylic acids is 3. The van der Waals surface area contributed by atoms with Gasteiger partial charge in [0.15, 0.2) is 23.1 Å². The topological polar surface area (TPSA) is 84.9 Å². The first-order chi connectivity index (χ1) is 19.1. The number of carbonyl (C=O) groups is 3. The molecule has 0 bridgehead atoms. The van der Waals surface area contributed by atoms with Gasteiger partial charge < -0.3 is 19.7 Å². The van der Waals surface area contributed by atoms with Gasteiger partial charge in [-0.3, -0.25) is 14.4 Å². The normalized spacial score (nSPS) is 25.7. The molecule has 0 aliphatic carbocycles. The number of para-hydroxylation sites is 2. The van der Waals surface area contributed by atoms with E-state index >= 15 is 0 Å². The van der Waals surface area contributed by atoms with Crippen LogP contribution in [-0.4, -0.2) is 36.4 Å². The standard InChI is InChI=1S/C33H30N2O5/c1-18-15-26-33(21-10-6-7-11-22(21)34-31(33)38)27(29(36)19-13-14-24-25(16-19)40-17-39-24)28(30(37)32(2,3)4)35(26)23-12-8-5-9-20(18)23/h5-16,26-28H,17H2,1-4H3,(H,34,38)/t26-,27+,28-,33-/m1/s1. The van der Waals surface area contributed by atoms with Crippen LogP contribution in [0.2, 0.25) is 0 Å². The number of benzene rings is 3. The summed E-state index contributed by atoms with van der Waals surface area (Å²) in [5.74, 6) is -0.585. The first-order valence-electron chi connectivity index (χ1n) is 13.6. The summed E-state index contributed by atoms with van der Waals surface area (Å²) in [4.78, 5) is 45.8. The Morgan fingerprint density at radius 3 is 2.50 bits per heavy atom. The van der Waals surface area contributed by atoms with Crippen LogP contribution in [-0.2, 0) is 15.0 Å². The molecule has 7 nitrogen and oxygen atoms in total. The first-order valence-corrected chi connectivity index (χ1v) is 13.6. The van der Waals surface area contributed by atoms with Crippen LogP contribution in [0.5, 0.6) is 11.5 Å². The van der Waals surface area contributed by atoms with Gasteiger partial charge in [0.25, 0.3) is 0 Å². The fourth-order valence-corrected chi connectivity index (χ4v) is 7.06. The molecule has 3 aromatic rings. The quantitative estimate of drug-likeness (QED) is 0.454. The molecular formula is C33H30N2O5. The van der Waals surface area contributed by atoms with Gasteiger partial charge in [-0.15, -0.1) is 0 Å². The molecule has 1 fully saturated rings. The zero-order chi connectivity index (χ0) is 28.0. The third-order valence-corrected chi connectivity index (χ3v) is 8.83. The second kappa shape index (κ2) is 8.31. The van der Waals surface area contributed by atoms with Gasteiger partial charge in [-0.05, 0) is 48.4 Å². The van der Waals surface area contributed by atoms with Gasteiger partial charge in [-0.25, -0.2) is 0 Å². The number of anilines is 2. The molecule has 1 amide bonds. The van der Waals surface area contributed by atoms with Crippen molar-refractivity contribution in [3.05, 3.63) is 89.5 Å². The van der Waals surface area contributed by atoms with Crippen molar-refractivity contribution in [2.75, 3.05) is 17.0 Å². The monoisotopic (exact) mass is 534 g/mol. The zero-order valence-corrected chi connectivity index (χ0v) is 22.9. The molecule has 4 heterocycles. The molecule has 4 aliphatic heterocycles. The summed E-state index contributed by atoms with van der Waals surface area (Å²) in [6.07, 6.45) is 2.07. The van der Waals surface area contributed by atoms with Crippen molar-refractivity contribution in [2.45, 2.75) is 45.2 Å². The van der Waals surface area contributed by atoms with E-state index in [1.165, 1.54) is 0 Å². The maximum Gasteiger partial charge on any atom is 0.238 e. The van der Waals surface area contributed by atoms with Gasteiger partial charge in [0.1, 0.15) is 11.5 Å². The fourth-order valence-electron chi connectivity index (χ4n) is 7.06. The van der Waals surface area contributed by atoms with Crippen LogP contribution < -0.4 is 19.7 Å². The van der Waals surface area contributed by atoms with Crippen molar-refractivity contribution in [2.24, 2.45) is 11.3 Å². The molecule has 1 spiro atoms. The van der Waals surface area contributed by atoms with Gasteiger partial charge in [0, 0.05) is 27.9 Å². The smallest absolute Gasteiger partial charge is 0.238 e. The molecule has 4 atom stereocenters. The van der Waals surface area contributed by atoms with Crippen molar-refractivity contribution >= 4 is 34.4 Å². The Labute approximate surface area is 232 Å². The number of ether oxygens (including phenoxy) is 2. The number of nitrogens with one attached hydrogen (secondary N) is 1. The van der Waals surface area contributed by atoms with Crippen molar-refractivity contribution in [3.8, 4) is 11.5 Å². The second-order valence-corrected chi connectivity index (χ2v) is 12.1. The number of ketones is 2. The summed E-state index contributed by atoms with van der Waals surface area (Å²) in [5.41, 5.74) is 2.54. The van der Waals surface area contributed by atoms with E-state index in [2.05, 4.69) is 11.4 Å². The fraction of sp³-hybridized carbons (Fsp3) is 0.303. The summed E-state index contributed by atoms with van der Waals surface area (Å²) in [5, 5.41) is 3.08. The van der Waals surface area contributed by atoms with Crippen molar-refractivity contribution in [3.63, 3.8) is 0 Å². The van der Waals surface area contributed by atoms with Gasteiger partial charge in [0.05, 0.1) is 12.0 Å². The van der Waals surface area contributed by atoms with E-state index < -0.39 is 28.8 Å². The molecular weight excluding hydrogens is 504 g/mol. The third-order valence-electron chi connectivity index (χ3n) is 8.83. The summed E-state index contributed by atoms with van der Waals surface area (Å²) in [6, 6.07) is 19.1. The Morgan fingerprint density at radius 2 is 1.70 bits per heavy atom. The van der Waals surface area contributed by atoms with E-state index in [4.69, 9.17) is 9.47 Å². The van der Waals surface area contributed by atoms with Crippen LogP contribution in [0, 0.1) is 11.3 Å². The molecule has 0 saturated carbocycles. The molecule has 3 aromatic carbocycles. The molecule has 0 aromatic heterocycles. The number of Topliss-reactive ketones (excluding diaryl/α,β-unsaturated/α-hetero) is 2. The van der Waals surface area contributed by atoms with Crippen LogP contribution in [0.4, 0.5) is 11.4 Å². The van der Waals surface area contributed by atoms with Crippen molar-refractivity contribution in [1.82, 2.24) is 0 Å². The largest absolute Gasteiger partial charge is 0.454 e. The van der Waals surface area contributed by atoms with E-state index in [1.807, 2.05) is 81.1 Å². The highest BCUT2D eigenvalue weighted by Gasteiger charge is 2.71. The minimum atomic E-state index is -1.33. The lowest BCUT2D eigenvalue weighted by Gasteiger charge is -2.39. The van der Waals surface area contributed by atoms with Gasteiger partial charge in [-0.1, -0.05) is 63.2 Å². The second-order valence-electron chi connectivity index (χ2n) is 12.1. The van der Waals surface area contributed by atoms with Crippen molar-refractivity contribution in [1.29, 1.82) is 0 Å². The highest BCUT2D eigenvalue weighted by Crippen LogP contribution is 2.59. The third kappa shape index (κ3) is 3.14. The van der Waals surface area contributed by atoms with Crippen molar-refractivity contribution < 1.29 is 23.9 Å². The SMILES string of the molecule is CC1=C[C@H]2N(c3ccccc31)[C@@H](C(=O)C(C)(C)C)[C@@H](C(=O)c1ccc3c(c1)OCO3)[C@]21C(=O)Nc2ccccc21. The molecule has 1 N–H and O–H groups in total. The Morgan fingerprint density at radius 1 is 0.975 bits per heavy atom. The lowest BCUT2D eigenvalue weighted by Crippen LogP contribution is -2.51. The number of fused-ring (bicyclic) bond motifs is 7. The Bertz CT molecular complexity index is 1650. The summed E-state index contributed by atoms with van der Waals surface area (Å²) in [7, 11) is 0. The van der Waals surface area contributed by atoms with Crippen LogP contribution in [0.3, 0.4) is 0 Å². The molecule has 7 rings (SSSR count). The molecule has 1 saturated heterocycles.